The smallest absolute Gasteiger partial charge is 0.104 e. The van der Waals surface area contributed by atoms with E-state index in [1.54, 1.807) is 0 Å². The van der Waals surface area contributed by atoms with E-state index >= 15 is 0 Å². The minimum absolute atomic E-state index is 0.0761. The fourth-order valence-electron chi connectivity index (χ4n) is 9.59. The van der Waals surface area contributed by atoms with Gasteiger partial charge in [-0.3, -0.25) is 10.3 Å². The van der Waals surface area contributed by atoms with Gasteiger partial charge in [-0.05, 0) is 107 Å². The van der Waals surface area contributed by atoms with Gasteiger partial charge in [0.1, 0.15) is 6.17 Å². The highest BCUT2D eigenvalue weighted by atomic mass is 15.2. The van der Waals surface area contributed by atoms with Crippen LogP contribution in [0.15, 0.2) is 206 Å². The maximum absolute atomic E-state index is 4.53. The van der Waals surface area contributed by atoms with Gasteiger partial charge in [0, 0.05) is 50.2 Å². The van der Waals surface area contributed by atoms with E-state index in [9.17, 15) is 0 Å². The summed E-state index contributed by atoms with van der Waals surface area (Å²) < 4.78 is 4.89. The molecule has 2 aliphatic rings. The highest BCUT2D eigenvalue weighted by Crippen LogP contribution is 2.38. The number of fused-ring (bicyclic) bond motifs is 7. The van der Waals surface area contributed by atoms with Crippen LogP contribution in [0.4, 0.5) is 0 Å². The molecule has 0 fully saturated rings. The van der Waals surface area contributed by atoms with E-state index in [-0.39, 0.29) is 12.2 Å². The molecule has 2 unspecified atom stereocenters. The average molecular weight is 772 g/mol. The molecule has 286 valence electrons. The molecule has 7 aromatic carbocycles. The first kappa shape index (κ1) is 34.6. The van der Waals surface area contributed by atoms with Crippen LogP contribution in [0.25, 0.3) is 82.7 Å². The van der Waals surface area contributed by atoms with E-state index in [4.69, 9.17) is 0 Å². The number of nitrogens with one attached hydrogen (secondary N) is 2. The zero-order valence-corrected chi connectivity index (χ0v) is 33.0. The molecule has 0 amide bonds. The summed E-state index contributed by atoms with van der Waals surface area (Å²) in [5.41, 5.74) is 15.1. The topological polar surface area (TPSA) is 46.8 Å². The van der Waals surface area contributed by atoms with E-state index in [2.05, 4.69) is 213 Å². The summed E-state index contributed by atoms with van der Waals surface area (Å²) >= 11 is 0. The van der Waals surface area contributed by atoms with Gasteiger partial charge in [0.05, 0.1) is 33.6 Å². The molecule has 5 nitrogen and oxygen atoms in total. The average Bonchev–Trinajstić information content (AvgIpc) is 3.85. The number of hydrogen-bond donors (Lipinski definition) is 2. The van der Waals surface area contributed by atoms with E-state index in [1.807, 2.05) is 12.3 Å². The van der Waals surface area contributed by atoms with Gasteiger partial charge in [-0.1, -0.05) is 127 Å². The molecule has 60 heavy (non-hydrogen) atoms. The number of allylic oxidation sites excluding steroid dienone is 2. The summed E-state index contributed by atoms with van der Waals surface area (Å²) in [6.07, 6.45) is 13.2. The second kappa shape index (κ2) is 14.1. The number of pyridine rings is 1. The molecule has 0 saturated heterocycles. The van der Waals surface area contributed by atoms with Crippen LogP contribution in [0, 0.1) is 0 Å². The molecule has 4 heterocycles. The maximum Gasteiger partial charge on any atom is 0.104 e. The summed E-state index contributed by atoms with van der Waals surface area (Å²) in [6, 6.07) is 61.8. The van der Waals surface area contributed by atoms with Gasteiger partial charge in [-0.15, -0.1) is 0 Å². The molecule has 0 saturated carbocycles. The van der Waals surface area contributed by atoms with E-state index in [0.717, 1.165) is 46.4 Å². The fraction of sp³-hybridized carbons (Fsp3) is 0.0727. The Morgan fingerprint density at radius 3 is 1.67 bits per heavy atom. The number of rotatable bonds is 6. The lowest BCUT2D eigenvalue weighted by atomic mass is 9.95. The molecule has 1 aliphatic carbocycles. The van der Waals surface area contributed by atoms with Crippen LogP contribution in [0.1, 0.15) is 30.0 Å². The van der Waals surface area contributed by atoms with Crippen molar-refractivity contribution in [2.75, 3.05) is 0 Å². The Labute approximate surface area is 348 Å². The molecule has 1 aliphatic heterocycles. The first-order valence-electron chi connectivity index (χ1n) is 20.9. The van der Waals surface area contributed by atoms with Crippen molar-refractivity contribution in [3.63, 3.8) is 0 Å². The normalized spacial score (nSPS) is 16.7. The summed E-state index contributed by atoms with van der Waals surface area (Å²) in [6.45, 7) is 0. The lowest BCUT2D eigenvalue weighted by molar-refractivity contribution is 0.479. The molecule has 0 spiro atoms. The van der Waals surface area contributed by atoms with Crippen molar-refractivity contribution >= 4 is 60.2 Å². The first-order chi connectivity index (χ1) is 29.7. The molecule has 2 N–H and O–H groups in total. The Balaban J connectivity index is 1.05. The van der Waals surface area contributed by atoms with Crippen molar-refractivity contribution in [1.82, 2.24) is 24.8 Å². The predicted molar refractivity (Wildman–Crippen MR) is 250 cm³/mol. The molecule has 10 aromatic rings. The maximum atomic E-state index is 4.53. The molecule has 2 atom stereocenters. The lowest BCUT2D eigenvalue weighted by Gasteiger charge is -2.34. The monoisotopic (exact) mass is 771 g/mol. The molecular formula is C55H41N5. The van der Waals surface area contributed by atoms with Crippen molar-refractivity contribution in [3.8, 4) is 22.5 Å². The van der Waals surface area contributed by atoms with Crippen molar-refractivity contribution in [2.45, 2.75) is 25.0 Å². The van der Waals surface area contributed by atoms with Crippen LogP contribution in [-0.4, -0.2) is 20.3 Å². The van der Waals surface area contributed by atoms with E-state index in [0.29, 0.717) is 0 Å². The standard InChI is InChI=1S/C55H41N5/c1-2-13-38(14-3-1)55-57-49(37-26-24-36(25-27-37)39-28-29-48-40(31-39)15-12-30-56-48)35-50(58-55)41-32-42(59-51-20-8-4-16-44(51)45-17-5-9-21-52(45)59)34-43(33-41)60-53-22-10-6-18-46(53)47-19-7-11-23-54(47)60/h2,4-35,50,55,57-58H,1,3H2. The van der Waals surface area contributed by atoms with Crippen molar-refractivity contribution < 1.29 is 0 Å². The third-order valence-corrected chi connectivity index (χ3v) is 12.4. The second-order valence-electron chi connectivity index (χ2n) is 16.0. The molecule has 5 heteroatoms. The quantitative estimate of drug-likeness (QED) is 0.177. The van der Waals surface area contributed by atoms with Crippen LogP contribution in [0.5, 0.6) is 0 Å². The van der Waals surface area contributed by atoms with Gasteiger partial charge < -0.3 is 14.5 Å². The Bertz CT molecular complexity index is 3160. The Hall–Kier alpha value is -7.47. The van der Waals surface area contributed by atoms with Crippen molar-refractivity contribution in [3.05, 3.63) is 217 Å². The first-order valence-corrected chi connectivity index (χ1v) is 20.9. The number of hydrogen-bond acceptors (Lipinski definition) is 3. The fourth-order valence-corrected chi connectivity index (χ4v) is 9.59. The minimum atomic E-state index is -0.102. The Morgan fingerprint density at radius 2 is 1.08 bits per heavy atom. The zero-order chi connectivity index (χ0) is 39.6. The minimum Gasteiger partial charge on any atom is -0.366 e. The SMILES string of the molecule is C1=CC(C2NC(c3ccc(-c4ccc5ncccc5c4)cc3)=CC(c3cc(-n4c5ccccc5c5ccccc54)cc(-n4c5ccccc5c5ccccc54)c3)N2)=CCC1. The number of nitrogens with zero attached hydrogens (tertiary/aromatic N) is 3. The highest BCUT2D eigenvalue weighted by Gasteiger charge is 2.27. The summed E-state index contributed by atoms with van der Waals surface area (Å²) in [5.74, 6) is 0. The van der Waals surface area contributed by atoms with Crippen molar-refractivity contribution in [1.29, 1.82) is 0 Å². The number of aromatic nitrogens is 3. The third kappa shape index (κ3) is 5.77. The van der Waals surface area contributed by atoms with Crippen LogP contribution >= 0.6 is 0 Å². The number of para-hydroxylation sites is 4. The van der Waals surface area contributed by atoms with E-state index < -0.39 is 0 Å². The molecule has 12 rings (SSSR count). The summed E-state index contributed by atoms with van der Waals surface area (Å²) in [4.78, 5) is 4.53. The molecule has 0 radical (unpaired) electrons. The second-order valence-corrected chi connectivity index (χ2v) is 16.0. The van der Waals surface area contributed by atoms with Gasteiger partial charge in [0.15, 0.2) is 0 Å². The van der Waals surface area contributed by atoms with Gasteiger partial charge >= 0.3 is 0 Å². The van der Waals surface area contributed by atoms with Gasteiger partial charge in [-0.25, -0.2) is 0 Å². The molecule has 0 bridgehead atoms. The van der Waals surface area contributed by atoms with Gasteiger partial charge in [0.25, 0.3) is 0 Å². The third-order valence-electron chi connectivity index (χ3n) is 12.4. The lowest BCUT2D eigenvalue weighted by Crippen LogP contribution is -2.47. The van der Waals surface area contributed by atoms with E-state index in [1.165, 1.54) is 65.9 Å². The largest absolute Gasteiger partial charge is 0.366 e. The van der Waals surface area contributed by atoms with Gasteiger partial charge in [0.2, 0.25) is 0 Å². The Kier molecular flexibility index (Phi) is 8.13. The highest BCUT2D eigenvalue weighted by molar-refractivity contribution is 6.10. The predicted octanol–water partition coefficient (Wildman–Crippen LogP) is 13.0. The molecule has 3 aromatic heterocycles. The zero-order valence-electron chi connectivity index (χ0n) is 33.0. The summed E-state index contributed by atoms with van der Waals surface area (Å²) in [7, 11) is 0. The van der Waals surface area contributed by atoms with Crippen molar-refractivity contribution in [2.24, 2.45) is 0 Å². The number of benzene rings is 7. The van der Waals surface area contributed by atoms with Crippen LogP contribution < -0.4 is 10.6 Å². The van der Waals surface area contributed by atoms with Crippen LogP contribution in [0.3, 0.4) is 0 Å². The molecular weight excluding hydrogens is 731 g/mol. The van der Waals surface area contributed by atoms with Crippen LogP contribution in [0.2, 0.25) is 0 Å². The van der Waals surface area contributed by atoms with Crippen LogP contribution in [-0.2, 0) is 0 Å². The summed E-state index contributed by atoms with van der Waals surface area (Å²) in [5, 5.41) is 14.1. The Morgan fingerprint density at radius 1 is 0.517 bits per heavy atom. The van der Waals surface area contributed by atoms with Gasteiger partial charge in [-0.2, -0.15) is 0 Å².